The third-order valence-electron chi connectivity index (χ3n) is 3.17. The van der Waals surface area contributed by atoms with E-state index >= 15 is 0 Å². The molecule has 0 spiro atoms. The van der Waals surface area contributed by atoms with Gasteiger partial charge in [-0.2, -0.15) is 0 Å². The molecule has 1 aromatic carbocycles. The number of anilines is 2. The summed E-state index contributed by atoms with van der Waals surface area (Å²) in [5.41, 5.74) is 1.17. The van der Waals surface area contributed by atoms with Gasteiger partial charge in [0.05, 0.1) is 5.75 Å². The zero-order chi connectivity index (χ0) is 15.3. The Labute approximate surface area is 130 Å². The first-order valence-corrected chi connectivity index (χ1v) is 9.16. The van der Waals surface area contributed by atoms with Crippen LogP contribution in [0.4, 0.5) is 11.4 Å². The Morgan fingerprint density at radius 1 is 1.14 bits per heavy atom. The van der Waals surface area contributed by atoms with Gasteiger partial charge in [0.15, 0.2) is 0 Å². The Hall–Kier alpha value is -1.27. The molecular weight excluding hydrogens is 312 g/mol. The molecule has 0 radical (unpaired) electrons. The highest BCUT2D eigenvalue weighted by Crippen LogP contribution is 2.30. The third kappa shape index (κ3) is 5.55. The van der Waals surface area contributed by atoms with Crippen molar-refractivity contribution in [2.24, 2.45) is 5.92 Å². The van der Waals surface area contributed by atoms with Crippen LogP contribution in [-0.4, -0.2) is 26.0 Å². The highest BCUT2D eigenvalue weighted by molar-refractivity contribution is 7.92. The maximum atomic E-state index is 11.8. The summed E-state index contributed by atoms with van der Waals surface area (Å²) < 4.78 is 26.1. The summed E-state index contributed by atoms with van der Waals surface area (Å²) in [6.45, 7) is 0. The number of sulfonamides is 1. The van der Waals surface area contributed by atoms with Crippen LogP contribution in [0.25, 0.3) is 0 Å². The number of benzene rings is 1. The van der Waals surface area contributed by atoms with Gasteiger partial charge in [0.1, 0.15) is 0 Å². The van der Waals surface area contributed by atoms with Gasteiger partial charge in [-0.25, -0.2) is 8.42 Å². The molecule has 0 aromatic heterocycles. The van der Waals surface area contributed by atoms with Crippen LogP contribution in [0.2, 0.25) is 0 Å². The first-order chi connectivity index (χ1) is 10.00. The van der Waals surface area contributed by atoms with Gasteiger partial charge in [-0.15, -0.1) is 11.6 Å². The van der Waals surface area contributed by atoms with Crippen LogP contribution in [0.3, 0.4) is 0 Å². The molecule has 1 aliphatic rings. The van der Waals surface area contributed by atoms with E-state index in [1.165, 1.54) is 0 Å². The Morgan fingerprint density at radius 3 is 2.33 bits per heavy atom. The standard InChI is InChI=1S/C14H19ClN2O3S/c15-9-1-2-10-21(19,20)17-13-7-5-12(6-8-13)16-14(18)11-3-4-11/h5-8,11,17H,1-4,9-10H2,(H,16,18). The predicted molar refractivity (Wildman–Crippen MR) is 85.2 cm³/mol. The first-order valence-electron chi connectivity index (χ1n) is 6.97. The van der Waals surface area contributed by atoms with E-state index in [1.54, 1.807) is 24.3 Å². The summed E-state index contributed by atoms with van der Waals surface area (Å²) in [7, 11) is -3.34. The zero-order valence-corrected chi connectivity index (χ0v) is 13.2. The maximum Gasteiger partial charge on any atom is 0.232 e. The number of carbonyl (C=O) groups excluding carboxylic acids is 1. The lowest BCUT2D eigenvalue weighted by molar-refractivity contribution is -0.117. The van der Waals surface area contributed by atoms with Crippen molar-refractivity contribution in [2.45, 2.75) is 25.7 Å². The van der Waals surface area contributed by atoms with Crippen LogP contribution in [0.5, 0.6) is 0 Å². The monoisotopic (exact) mass is 330 g/mol. The van der Waals surface area contributed by atoms with Gasteiger partial charge in [0.25, 0.3) is 0 Å². The molecule has 1 aromatic rings. The quantitative estimate of drug-likeness (QED) is 0.568. The number of amides is 1. The van der Waals surface area contributed by atoms with Gasteiger partial charge >= 0.3 is 0 Å². The van der Waals surface area contributed by atoms with Crippen molar-refractivity contribution in [3.05, 3.63) is 24.3 Å². The smallest absolute Gasteiger partial charge is 0.232 e. The van der Waals surface area contributed by atoms with Crippen molar-refractivity contribution in [2.75, 3.05) is 21.7 Å². The number of hydrogen-bond donors (Lipinski definition) is 2. The molecule has 1 saturated carbocycles. The first kappa shape index (κ1) is 16.1. The van der Waals surface area contributed by atoms with Crippen molar-refractivity contribution < 1.29 is 13.2 Å². The van der Waals surface area contributed by atoms with Crippen LogP contribution >= 0.6 is 11.6 Å². The van der Waals surface area contributed by atoms with Crippen molar-refractivity contribution in [3.63, 3.8) is 0 Å². The minimum absolute atomic E-state index is 0.0319. The summed E-state index contributed by atoms with van der Waals surface area (Å²) in [5.74, 6) is 0.694. The van der Waals surface area contributed by atoms with E-state index in [9.17, 15) is 13.2 Å². The summed E-state index contributed by atoms with van der Waals surface area (Å²) in [5, 5.41) is 2.80. The van der Waals surface area contributed by atoms with Crippen molar-refractivity contribution in [3.8, 4) is 0 Å². The maximum absolute atomic E-state index is 11.8. The number of nitrogens with one attached hydrogen (secondary N) is 2. The van der Waals surface area contributed by atoms with Gasteiger partial charge in [-0.3, -0.25) is 9.52 Å². The molecule has 0 atom stereocenters. The van der Waals surface area contributed by atoms with E-state index in [0.717, 1.165) is 12.8 Å². The molecule has 21 heavy (non-hydrogen) atoms. The normalized spacial score (nSPS) is 14.7. The Kier molecular flexibility index (Phi) is 5.47. The summed E-state index contributed by atoms with van der Waals surface area (Å²) in [6.07, 6.45) is 3.11. The number of unbranched alkanes of at least 4 members (excludes halogenated alkanes) is 1. The number of alkyl halides is 1. The van der Waals surface area contributed by atoms with Crippen LogP contribution in [0, 0.1) is 5.92 Å². The summed E-state index contributed by atoms with van der Waals surface area (Å²) in [6, 6.07) is 6.66. The SMILES string of the molecule is O=C(Nc1ccc(NS(=O)(=O)CCCCCl)cc1)C1CC1. The molecule has 1 aliphatic carbocycles. The van der Waals surface area contributed by atoms with Gasteiger partial charge in [-0.1, -0.05) is 0 Å². The Bertz CT molecular complexity index is 583. The number of rotatable bonds is 8. The number of hydrogen-bond acceptors (Lipinski definition) is 3. The fraction of sp³-hybridized carbons (Fsp3) is 0.500. The Balaban J connectivity index is 1.87. The van der Waals surface area contributed by atoms with Gasteiger partial charge < -0.3 is 5.32 Å². The lowest BCUT2D eigenvalue weighted by Crippen LogP contribution is -2.17. The number of halogens is 1. The second-order valence-corrected chi connectivity index (χ2v) is 7.38. The van der Waals surface area contributed by atoms with E-state index < -0.39 is 10.0 Å². The number of carbonyl (C=O) groups is 1. The largest absolute Gasteiger partial charge is 0.326 e. The molecule has 1 amide bonds. The molecule has 7 heteroatoms. The van der Waals surface area contributed by atoms with E-state index in [-0.39, 0.29) is 17.6 Å². The lowest BCUT2D eigenvalue weighted by Gasteiger charge is -2.09. The third-order valence-corrected chi connectivity index (χ3v) is 4.81. The zero-order valence-electron chi connectivity index (χ0n) is 11.6. The highest BCUT2D eigenvalue weighted by Gasteiger charge is 2.29. The van der Waals surface area contributed by atoms with Crippen LogP contribution in [-0.2, 0) is 14.8 Å². The molecule has 1 fully saturated rings. The van der Waals surface area contributed by atoms with E-state index in [4.69, 9.17) is 11.6 Å². The van der Waals surface area contributed by atoms with Crippen LogP contribution in [0.1, 0.15) is 25.7 Å². The van der Waals surface area contributed by atoms with Crippen LogP contribution < -0.4 is 10.0 Å². The minimum Gasteiger partial charge on any atom is -0.326 e. The van der Waals surface area contributed by atoms with Crippen molar-refractivity contribution in [1.29, 1.82) is 0 Å². The Morgan fingerprint density at radius 2 is 1.76 bits per heavy atom. The van der Waals surface area contributed by atoms with Crippen molar-refractivity contribution >= 4 is 38.9 Å². The molecule has 0 unspecified atom stereocenters. The predicted octanol–water partition coefficient (Wildman–Crippen LogP) is 2.80. The van der Waals surface area contributed by atoms with E-state index in [0.29, 0.717) is 30.1 Å². The molecular formula is C14H19ClN2O3S. The highest BCUT2D eigenvalue weighted by atomic mass is 35.5. The average Bonchev–Trinajstić information content (AvgIpc) is 3.25. The molecule has 0 saturated heterocycles. The molecule has 5 nitrogen and oxygen atoms in total. The van der Waals surface area contributed by atoms with Gasteiger partial charge in [-0.05, 0) is 49.9 Å². The molecule has 0 bridgehead atoms. The second kappa shape index (κ2) is 7.13. The summed E-state index contributed by atoms with van der Waals surface area (Å²) >= 11 is 5.53. The fourth-order valence-corrected chi connectivity index (χ4v) is 3.20. The molecule has 0 aliphatic heterocycles. The lowest BCUT2D eigenvalue weighted by atomic mass is 10.2. The minimum atomic E-state index is -3.34. The molecule has 2 rings (SSSR count). The topological polar surface area (TPSA) is 75.3 Å². The molecule has 2 N–H and O–H groups in total. The average molecular weight is 331 g/mol. The van der Waals surface area contributed by atoms with E-state index in [2.05, 4.69) is 10.0 Å². The fourth-order valence-electron chi connectivity index (χ4n) is 1.83. The van der Waals surface area contributed by atoms with Gasteiger partial charge in [0.2, 0.25) is 15.9 Å². The van der Waals surface area contributed by atoms with Crippen molar-refractivity contribution in [1.82, 2.24) is 0 Å². The van der Waals surface area contributed by atoms with Gasteiger partial charge in [0, 0.05) is 23.2 Å². The second-order valence-electron chi connectivity index (χ2n) is 5.16. The molecule has 0 heterocycles. The molecule has 116 valence electrons. The van der Waals surface area contributed by atoms with E-state index in [1.807, 2.05) is 0 Å². The van der Waals surface area contributed by atoms with Crippen LogP contribution in [0.15, 0.2) is 24.3 Å². The summed E-state index contributed by atoms with van der Waals surface area (Å²) in [4.78, 5) is 11.6.